The van der Waals surface area contributed by atoms with Crippen LogP contribution >= 0.6 is 11.6 Å². The number of amides is 2. The van der Waals surface area contributed by atoms with Gasteiger partial charge in [-0.3, -0.25) is 14.6 Å². The summed E-state index contributed by atoms with van der Waals surface area (Å²) in [5.41, 5.74) is 2.41. The molecule has 0 aliphatic rings. The Morgan fingerprint density at radius 3 is 2.60 bits per heavy atom. The Balaban J connectivity index is 1.98. The van der Waals surface area contributed by atoms with Gasteiger partial charge in [-0.15, -0.1) is 0 Å². The largest absolute Gasteiger partial charge is 0.349 e. The number of nitrogens with one attached hydrogen (secondary N) is 2. The lowest BCUT2D eigenvalue weighted by Gasteiger charge is -2.22. The van der Waals surface area contributed by atoms with E-state index in [4.69, 9.17) is 11.6 Å². The zero-order valence-corrected chi connectivity index (χ0v) is 15.3. The molecule has 5 nitrogen and oxygen atoms in total. The molecule has 0 radical (unpaired) electrons. The van der Waals surface area contributed by atoms with E-state index in [0.717, 1.165) is 11.1 Å². The zero-order valence-electron chi connectivity index (χ0n) is 14.5. The Labute approximate surface area is 152 Å². The summed E-state index contributed by atoms with van der Waals surface area (Å²) < 4.78 is 0. The third-order valence-corrected chi connectivity index (χ3v) is 4.06. The minimum absolute atomic E-state index is 0.173. The predicted octanol–water partition coefficient (Wildman–Crippen LogP) is 3.89. The molecule has 0 saturated carbocycles. The van der Waals surface area contributed by atoms with E-state index in [0.29, 0.717) is 10.7 Å². The van der Waals surface area contributed by atoms with Crippen LogP contribution in [0.4, 0.5) is 5.69 Å². The number of anilines is 1. The average Bonchev–Trinajstić information content (AvgIpc) is 2.56. The predicted molar refractivity (Wildman–Crippen MR) is 99.4 cm³/mol. The van der Waals surface area contributed by atoms with E-state index < -0.39 is 0 Å². The van der Waals surface area contributed by atoms with Crippen LogP contribution in [0.25, 0.3) is 0 Å². The van der Waals surface area contributed by atoms with E-state index in [-0.39, 0.29) is 30.2 Å². The number of aromatic nitrogens is 1. The second-order valence-electron chi connectivity index (χ2n) is 6.26. The molecule has 2 amide bonds. The molecule has 0 fully saturated rings. The minimum atomic E-state index is -0.378. The second kappa shape index (κ2) is 8.62. The van der Waals surface area contributed by atoms with Gasteiger partial charge in [-0.1, -0.05) is 37.6 Å². The summed E-state index contributed by atoms with van der Waals surface area (Å²) in [6.07, 6.45) is 3.15. The lowest BCUT2D eigenvalue weighted by Crippen LogP contribution is -2.34. The van der Waals surface area contributed by atoms with Crippen molar-refractivity contribution in [1.82, 2.24) is 10.3 Å². The molecule has 2 aromatic rings. The smallest absolute Gasteiger partial charge is 0.233 e. The van der Waals surface area contributed by atoms with Crippen molar-refractivity contribution in [2.75, 3.05) is 5.32 Å². The maximum absolute atomic E-state index is 12.3. The van der Waals surface area contributed by atoms with Crippen LogP contribution in [0, 0.1) is 12.8 Å². The topological polar surface area (TPSA) is 71.1 Å². The molecule has 1 unspecified atom stereocenters. The van der Waals surface area contributed by atoms with Crippen molar-refractivity contribution in [1.29, 1.82) is 0 Å². The van der Waals surface area contributed by atoms with Gasteiger partial charge in [0.25, 0.3) is 0 Å². The summed E-state index contributed by atoms with van der Waals surface area (Å²) in [7, 11) is 0. The van der Waals surface area contributed by atoms with Crippen molar-refractivity contribution < 1.29 is 9.59 Å². The quantitative estimate of drug-likeness (QED) is 0.769. The molecule has 2 rings (SSSR count). The summed E-state index contributed by atoms with van der Waals surface area (Å²) in [5, 5.41) is 6.17. The molecule has 1 atom stereocenters. The van der Waals surface area contributed by atoms with Gasteiger partial charge in [-0.25, -0.2) is 0 Å². The number of hydrogen-bond acceptors (Lipinski definition) is 3. The Kier molecular flexibility index (Phi) is 6.53. The molecular formula is C19H22ClN3O2. The molecule has 0 aliphatic carbocycles. The maximum atomic E-state index is 12.3. The molecule has 0 saturated heterocycles. The van der Waals surface area contributed by atoms with E-state index in [1.54, 1.807) is 24.5 Å². The molecule has 1 heterocycles. The number of nitrogens with zero attached hydrogens (tertiary/aromatic N) is 1. The third kappa shape index (κ3) is 5.57. The van der Waals surface area contributed by atoms with E-state index in [1.807, 2.05) is 39.0 Å². The number of benzene rings is 1. The van der Waals surface area contributed by atoms with Gasteiger partial charge >= 0.3 is 0 Å². The molecular weight excluding hydrogens is 338 g/mol. The lowest BCUT2D eigenvalue weighted by atomic mass is 9.97. The van der Waals surface area contributed by atoms with Gasteiger partial charge in [0, 0.05) is 23.1 Å². The highest BCUT2D eigenvalue weighted by atomic mass is 35.5. The van der Waals surface area contributed by atoms with Crippen molar-refractivity contribution in [3.8, 4) is 0 Å². The van der Waals surface area contributed by atoms with Crippen LogP contribution in [0.2, 0.25) is 5.02 Å². The monoisotopic (exact) mass is 359 g/mol. The van der Waals surface area contributed by atoms with Crippen molar-refractivity contribution in [3.63, 3.8) is 0 Å². The van der Waals surface area contributed by atoms with Gasteiger partial charge in [0.1, 0.15) is 6.42 Å². The van der Waals surface area contributed by atoms with Gasteiger partial charge in [0.05, 0.1) is 6.04 Å². The van der Waals surface area contributed by atoms with Crippen LogP contribution in [0.3, 0.4) is 0 Å². The Morgan fingerprint density at radius 1 is 1.20 bits per heavy atom. The van der Waals surface area contributed by atoms with Crippen molar-refractivity contribution in [2.24, 2.45) is 5.92 Å². The highest BCUT2D eigenvalue weighted by Crippen LogP contribution is 2.22. The van der Waals surface area contributed by atoms with Crippen LogP contribution in [0.5, 0.6) is 0 Å². The number of hydrogen-bond donors (Lipinski definition) is 2. The molecule has 6 heteroatoms. The fourth-order valence-corrected chi connectivity index (χ4v) is 2.66. The first-order valence-electron chi connectivity index (χ1n) is 8.12. The normalized spacial score (nSPS) is 11.9. The zero-order chi connectivity index (χ0) is 18.4. The van der Waals surface area contributed by atoms with Gasteiger partial charge in [-0.05, 0) is 42.2 Å². The van der Waals surface area contributed by atoms with Crippen molar-refractivity contribution in [2.45, 2.75) is 33.2 Å². The molecule has 1 aromatic carbocycles. The Morgan fingerprint density at radius 2 is 1.96 bits per heavy atom. The number of rotatable bonds is 6. The molecule has 1 aromatic heterocycles. The number of aryl methyl sites for hydroxylation is 1. The first-order valence-corrected chi connectivity index (χ1v) is 8.50. The molecule has 132 valence electrons. The summed E-state index contributed by atoms with van der Waals surface area (Å²) in [6, 6.07) is 8.77. The van der Waals surface area contributed by atoms with Crippen LogP contribution in [-0.2, 0) is 9.59 Å². The van der Waals surface area contributed by atoms with Gasteiger partial charge in [0.15, 0.2) is 0 Å². The standard InChI is InChI=1S/C19H22ClN3O2/c1-12(2)19(14-5-4-8-21-11-14)23-18(25)10-17(24)22-16-9-15(20)7-6-13(16)3/h4-9,11-12,19H,10H2,1-3H3,(H,22,24)(H,23,25). The summed E-state index contributed by atoms with van der Waals surface area (Å²) >= 11 is 5.94. The van der Waals surface area contributed by atoms with E-state index in [9.17, 15) is 9.59 Å². The third-order valence-electron chi connectivity index (χ3n) is 3.82. The van der Waals surface area contributed by atoms with E-state index in [1.165, 1.54) is 0 Å². The number of pyridine rings is 1. The molecule has 0 spiro atoms. The molecule has 0 aliphatic heterocycles. The van der Waals surface area contributed by atoms with Crippen molar-refractivity contribution >= 4 is 29.1 Å². The second-order valence-corrected chi connectivity index (χ2v) is 6.70. The molecule has 2 N–H and O–H groups in total. The van der Waals surface area contributed by atoms with Gasteiger partial charge in [-0.2, -0.15) is 0 Å². The average molecular weight is 360 g/mol. The first-order chi connectivity index (χ1) is 11.9. The van der Waals surface area contributed by atoms with E-state index in [2.05, 4.69) is 15.6 Å². The van der Waals surface area contributed by atoms with Crippen LogP contribution in [-0.4, -0.2) is 16.8 Å². The number of carbonyl (C=O) groups excluding carboxylic acids is 2. The van der Waals surface area contributed by atoms with Crippen LogP contribution < -0.4 is 10.6 Å². The Hall–Kier alpha value is -2.40. The summed E-state index contributed by atoms with van der Waals surface area (Å²) in [5.74, 6) is -0.539. The molecule has 0 bridgehead atoms. The van der Waals surface area contributed by atoms with Gasteiger partial charge in [0.2, 0.25) is 11.8 Å². The summed E-state index contributed by atoms with van der Waals surface area (Å²) in [6.45, 7) is 5.88. The maximum Gasteiger partial charge on any atom is 0.233 e. The van der Waals surface area contributed by atoms with Crippen LogP contribution in [0.15, 0.2) is 42.7 Å². The lowest BCUT2D eigenvalue weighted by molar-refractivity contribution is -0.127. The van der Waals surface area contributed by atoms with Gasteiger partial charge < -0.3 is 10.6 Å². The fourth-order valence-electron chi connectivity index (χ4n) is 2.49. The number of halogens is 1. The van der Waals surface area contributed by atoms with Crippen LogP contribution in [0.1, 0.15) is 37.4 Å². The first kappa shape index (κ1) is 18.9. The summed E-state index contributed by atoms with van der Waals surface area (Å²) in [4.78, 5) is 28.5. The highest BCUT2D eigenvalue weighted by molar-refractivity contribution is 6.31. The molecule has 25 heavy (non-hydrogen) atoms. The number of carbonyl (C=O) groups is 2. The highest BCUT2D eigenvalue weighted by Gasteiger charge is 2.20. The van der Waals surface area contributed by atoms with Crippen molar-refractivity contribution in [3.05, 3.63) is 58.9 Å². The fraction of sp³-hybridized carbons (Fsp3) is 0.316. The Bertz CT molecular complexity index is 748. The SMILES string of the molecule is Cc1ccc(Cl)cc1NC(=O)CC(=O)NC(c1cccnc1)C(C)C. The van der Waals surface area contributed by atoms with E-state index >= 15 is 0 Å². The minimum Gasteiger partial charge on any atom is -0.349 e.